The van der Waals surface area contributed by atoms with Crippen molar-refractivity contribution in [1.29, 1.82) is 0 Å². The molecule has 31 heavy (non-hydrogen) atoms. The highest BCUT2D eigenvalue weighted by atomic mass is 32.2. The van der Waals surface area contributed by atoms with Gasteiger partial charge in [0.15, 0.2) is 5.82 Å². The van der Waals surface area contributed by atoms with E-state index in [0.717, 1.165) is 5.56 Å². The lowest BCUT2D eigenvalue weighted by molar-refractivity contribution is -0.117. The minimum atomic E-state index is -4.22. The largest absolute Gasteiger partial charge is 0.497 e. The zero-order valence-electron chi connectivity index (χ0n) is 16.4. The van der Waals surface area contributed by atoms with Gasteiger partial charge in [0.05, 0.1) is 7.11 Å². The number of ether oxygens (including phenoxy) is 2. The molecule has 0 saturated carbocycles. The summed E-state index contributed by atoms with van der Waals surface area (Å²) in [6.07, 6.45) is 3.12. The number of benzene rings is 2. The second kappa shape index (κ2) is 8.23. The number of halogens is 1. The van der Waals surface area contributed by atoms with Gasteiger partial charge in [-0.25, -0.2) is 13.4 Å². The second-order valence-electron chi connectivity index (χ2n) is 6.71. The van der Waals surface area contributed by atoms with E-state index in [1.165, 1.54) is 12.1 Å². The number of nitrogens with zero attached hydrogens (tertiary/aromatic N) is 2. The predicted molar refractivity (Wildman–Crippen MR) is 111 cm³/mol. The fourth-order valence-electron chi connectivity index (χ4n) is 3.17. The quantitative estimate of drug-likeness (QED) is 0.629. The van der Waals surface area contributed by atoms with Crippen molar-refractivity contribution >= 4 is 21.8 Å². The first kappa shape index (κ1) is 20.6. The zero-order chi connectivity index (χ0) is 22.0. The van der Waals surface area contributed by atoms with Crippen LogP contribution in [0.25, 0.3) is 11.1 Å². The molecule has 1 aromatic heterocycles. The molecule has 0 atom stereocenters. The summed E-state index contributed by atoms with van der Waals surface area (Å²) in [6.45, 7) is -0.488. The number of hydrogen-bond acceptors (Lipinski definition) is 6. The van der Waals surface area contributed by atoms with E-state index in [9.17, 15) is 13.2 Å². The van der Waals surface area contributed by atoms with Gasteiger partial charge in [0.1, 0.15) is 30.3 Å². The summed E-state index contributed by atoms with van der Waals surface area (Å²) in [4.78, 5) is 15.6. The van der Waals surface area contributed by atoms with Gasteiger partial charge in [-0.1, -0.05) is 12.1 Å². The summed E-state index contributed by atoms with van der Waals surface area (Å²) in [6, 6.07) is 13.2. The monoisotopic (exact) mass is 443 g/mol. The number of amides is 1. The molecule has 1 amide bonds. The Morgan fingerprint density at radius 3 is 2.42 bits per heavy atom. The van der Waals surface area contributed by atoms with Crippen LogP contribution in [0.5, 0.6) is 11.5 Å². The summed E-state index contributed by atoms with van der Waals surface area (Å²) in [7, 11) is -2.66. The summed E-state index contributed by atoms with van der Waals surface area (Å²) < 4.78 is 53.3. The molecule has 160 valence electrons. The lowest BCUT2D eigenvalue weighted by Gasteiger charge is -2.21. The Morgan fingerprint density at radius 1 is 1.10 bits per heavy atom. The van der Waals surface area contributed by atoms with Crippen LogP contribution in [0, 0.1) is 5.82 Å². The number of rotatable bonds is 6. The normalized spacial score (nSPS) is 14.9. The third kappa shape index (κ3) is 4.29. The second-order valence-corrected chi connectivity index (χ2v) is 8.31. The molecule has 1 fully saturated rings. The molecule has 2 aromatic carbocycles. The number of nitrogens with one attached hydrogen (secondary N) is 1. The highest BCUT2D eigenvalue weighted by Crippen LogP contribution is 2.38. The van der Waals surface area contributed by atoms with Gasteiger partial charge in [0.25, 0.3) is 5.91 Å². The van der Waals surface area contributed by atoms with Gasteiger partial charge < -0.3 is 9.47 Å². The highest BCUT2D eigenvalue weighted by molar-refractivity contribution is 7.92. The van der Waals surface area contributed by atoms with Crippen molar-refractivity contribution in [3.05, 3.63) is 72.3 Å². The van der Waals surface area contributed by atoms with Crippen LogP contribution in [0.4, 0.5) is 10.1 Å². The van der Waals surface area contributed by atoms with E-state index in [-0.39, 0.29) is 18.0 Å². The maximum Gasteiger partial charge on any atom is 0.326 e. The van der Waals surface area contributed by atoms with E-state index in [1.807, 2.05) is 4.72 Å². The fraction of sp³-hybridized carbons (Fsp3) is 0.143. The lowest BCUT2D eigenvalue weighted by Crippen LogP contribution is -2.30. The van der Waals surface area contributed by atoms with Gasteiger partial charge in [-0.2, -0.15) is 8.42 Å². The van der Waals surface area contributed by atoms with Crippen molar-refractivity contribution in [2.75, 3.05) is 18.0 Å². The number of carbonyl (C=O) groups excluding carboxylic acids is 1. The summed E-state index contributed by atoms with van der Waals surface area (Å²) in [5.74, 6) is -0.927. The minimum Gasteiger partial charge on any atom is -0.497 e. The van der Waals surface area contributed by atoms with Gasteiger partial charge >= 0.3 is 10.2 Å². The number of methoxy groups -OCH3 is 1. The van der Waals surface area contributed by atoms with E-state index in [2.05, 4.69) is 4.98 Å². The van der Waals surface area contributed by atoms with Crippen LogP contribution in [0.1, 0.15) is 5.56 Å². The molecule has 1 N–H and O–H groups in total. The standard InChI is InChI=1S/C21H18FN3O5S/c1-29-17-4-2-14(3-5-17)13-30-19-11-16(15-6-8-23-9-7-15)10-18(22)21(19)25-12-20(26)24-31(25,27)28/h2-11H,12-13H2,1H3,(H,24,26). The Morgan fingerprint density at radius 2 is 1.81 bits per heavy atom. The lowest BCUT2D eigenvalue weighted by atomic mass is 10.1. The average molecular weight is 443 g/mol. The van der Waals surface area contributed by atoms with Gasteiger partial charge in [-0.05, 0) is 53.1 Å². The molecule has 0 spiro atoms. The molecule has 8 nitrogen and oxygen atoms in total. The first-order chi connectivity index (χ1) is 14.9. The van der Waals surface area contributed by atoms with Gasteiger partial charge in [-0.3, -0.25) is 9.78 Å². The van der Waals surface area contributed by atoms with Crippen LogP contribution in [-0.4, -0.2) is 33.0 Å². The van der Waals surface area contributed by atoms with Gasteiger partial charge in [0.2, 0.25) is 0 Å². The number of aromatic nitrogens is 1. The predicted octanol–water partition coefficient (Wildman–Crippen LogP) is 2.66. The Kier molecular flexibility index (Phi) is 5.47. The van der Waals surface area contributed by atoms with Gasteiger partial charge in [-0.15, -0.1) is 0 Å². The fourth-order valence-corrected chi connectivity index (χ4v) is 4.33. The summed E-state index contributed by atoms with van der Waals surface area (Å²) >= 11 is 0. The number of anilines is 1. The highest BCUT2D eigenvalue weighted by Gasteiger charge is 2.37. The van der Waals surface area contributed by atoms with E-state index in [1.54, 1.807) is 55.9 Å². The van der Waals surface area contributed by atoms with E-state index < -0.39 is 28.5 Å². The van der Waals surface area contributed by atoms with Crippen LogP contribution >= 0.6 is 0 Å². The Hall–Kier alpha value is -3.66. The van der Waals surface area contributed by atoms with E-state index >= 15 is 4.39 Å². The Labute approximate surface area is 178 Å². The van der Waals surface area contributed by atoms with Crippen molar-refractivity contribution in [3.63, 3.8) is 0 Å². The molecule has 4 rings (SSSR count). The Bertz CT molecular complexity index is 1220. The molecule has 0 aliphatic carbocycles. The first-order valence-electron chi connectivity index (χ1n) is 9.20. The summed E-state index contributed by atoms with van der Waals surface area (Å²) in [5, 5.41) is 0. The molecule has 3 aromatic rings. The smallest absolute Gasteiger partial charge is 0.326 e. The van der Waals surface area contributed by atoms with Crippen molar-refractivity contribution in [2.45, 2.75) is 6.61 Å². The number of pyridine rings is 1. The molecule has 2 heterocycles. The van der Waals surface area contributed by atoms with Crippen LogP contribution in [0.15, 0.2) is 60.9 Å². The Balaban J connectivity index is 1.75. The van der Waals surface area contributed by atoms with Crippen molar-refractivity contribution in [1.82, 2.24) is 9.71 Å². The molecule has 10 heteroatoms. The molecular formula is C21H18FN3O5S. The SMILES string of the molecule is COc1ccc(COc2cc(-c3ccncc3)cc(F)c2N2CC(=O)NS2(=O)=O)cc1. The van der Waals surface area contributed by atoms with Gasteiger partial charge in [0, 0.05) is 12.4 Å². The third-order valence-corrected chi connectivity index (χ3v) is 6.04. The average Bonchev–Trinajstić information content (AvgIpc) is 3.04. The van der Waals surface area contributed by atoms with Crippen molar-refractivity contribution < 1.29 is 27.1 Å². The molecule has 1 saturated heterocycles. The topological polar surface area (TPSA) is 97.8 Å². The summed E-state index contributed by atoms with van der Waals surface area (Å²) in [5.41, 5.74) is 1.59. The van der Waals surface area contributed by atoms with Crippen LogP contribution < -0.4 is 18.5 Å². The maximum absolute atomic E-state index is 15.2. The molecule has 0 unspecified atom stereocenters. The molecular weight excluding hydrogens is 425 g/mol. The molecule has 1 aliphatic rings. The van der Waals surface area contributed by atoms with E-state index in [4.69, 9.17) is 9.47 Å². The molecule has 0 bridgehead atoms. The maximum atomic E-state index is 15.2. The number of carbonyl (C=O) groups is 1. The zero-order valence-corrected chi connectivity index (χ0v) is 17.2. The number of hydrogen-bond donors (Lipinski definition) is 1. The first-order valence-corrected chi connectivity index (χ1v) is 10.6. The van der Waals surface area contributed by atoms with Crippen LogP contribution in [0.3, 0.4) is 0 Å². The van der Waals surface area contributed by atoms with E-state index in [0.29, 0.717) is 21.2 Å². The minimum absolute atomic E-state index is 0.0114. The third-order valence-electron chi connectivity index (χ3n) is 4.67. The molecule has 0 radical (unpaired) electrons. The van der Waals surface area contributed by atoms with Crippen LogP contribution in [-0.2, 0) is 21.6 Å². The van der Waals surface area contributed by atoms with Crippen molar-refractivity contribution in [3.8, 4) is 22.6 Å². The van der Waals surface area contributed by atoms with Crippen molar-refractivity contribution in [2.24, 2.45) is 0 Å². The van der Waals surface area contributed by atoms with Crippen LogP contribution in [0.2, 0.25) is 0 Å². The molecule has 1 aliphatic heterocycles.